The van der Waals surface area contributed by atoms with E-state index in [4.69, 9.17) is 5.73 Å². The van der Waals surface area contributed by atoms with Crippen LogP contribution < -0.4 is 11.1 Å². The Bertz CT molecular complexity index is 743. The van der Waals surface area contributed by atoms with Gasteiger partial charge in [0.15, 0.2) is 5.78 Å². The fourth-order valence-electron chi connectivity index (χ4n) is 2.38. The van der Waals surface area contributed by atoms with Crippen LogP contribution in [-0.2, 0) is 4.79 Å². The number of hydrogen-bond acceptors (Lipinski definition) is 7. The monoisotopic (exact) mass is 296 g/mol. The SMILES string of the molecule is CC(NC1=CC(=O)C(C)c2nnc(N)cc21)c1ncccn1. The first-order valence-electron chi connectivity index (χ1n) is 6.98. The third kappa shape index (κ3) is 2.52. The molecular weight excluding hydrogens is 280 g/mol. The van der Waals surface area contributed by atoms with Crippen molar-refractivity contribution < 1.29 is 4.79 Å². The van der Waals surface area contributed by atoms with Gasteiger partial charge < -0.3 is 11.1 Å². The first kappa shape index (κ1) is 14.1. The van der Waals surface area contributed by atoms with Crippen LogP contribution in [0.3, 0.4) is 0 Å². The molecule has 0 saturated carbocycles. The van der Waals surface area contributed by atoms with Gasteiger partial charge >= 0.3 is 0 Å². The molecule has 2 heterocycles. The number of nitrogens with zero attached hydrogens (tertiary/aromatic N) is 4. The average molecular weight is 296 g/mol. The Kier molecular flexibility index (Phi) is 3.54. The van der Waals surface area contributed by atoms with Crippen molar-refractivity contribution in [2.24, 2.45) is 0 Å². The van der Waals surface area contributed by atoms with Gasteiger partial charge in [-0.15, -0.1) is 5.10 Å². The summed E-state index contributed by atoms with van der Waals surface area (Å²) in [5.74, 6) is 0.620. The predicted molar refractivity (Wildman–Crippen MR) is 81.4 cm³/mol. The van der Waals surface area contributed by atoms with Gasteiger partial charge in [-0.2, -0.15) is 5.10 Å². The van der Waals surface area contributed by atoms with E-state index in [-0.39, 0.29) is 17.7 Å². The van der Waals surface area contributed by atoms with Gasteiger partial charge in [0.2, 0.25) is 0 Å². The fourth-order valence-corrected chi connectivity index (χ4v) is 2.38. The van der Waals surface area contributed by atoms with Crippen molar-refractivity contribution in [2.45, 2.75) is 25.8 Å². The van der Waals surface area contributed by atoms with E-state index in [0.29, 0.717) is 23.0 Å². The highest BCUT2D eigenvalue weighted by Gasteiger charge is 2.27. The summed E-state index contributed by atoms with van der Waals surface area (Å²) in [7, 11) is 0. The van der Waals surface area contributed by atoms with Crippen molar-refractivity contribution in [3.8, 4) is 0 Å². The predicted octanol–water partition coefficient (Wildman–Crippen LogP) is 1.23. The van der Waals surface area contributed by atoms with Crippen molar-refractivity contribution in [3.63, 3.8) is 0 Å². The zero-order valence-corrected chi connectivity index (χ0v) is 12.3. The number of nitrogens with one attached hydrogen (secondary N) is 1. The van der Waals surface area contributed by atoms with Crippen molar-refractivity contribution in [1.82, 2.24) is 25.5 Å². The summed E-state index contributed by atoms with van der Waals surface area (Å²) < 4.78 is 0. The first-order valence-corrected chi connectivity index (χ1v) is 6.98. The van der Waals surface area contributed by atoms with E-state index in [1.807, 2.05) is 13.8 Å². The summed E-state index contributed by atoms with van der Waals surface area (Å²) in [5.41, 5.74) is 7.82. The van der Waals surface area contributed by atoms with Gasteiger partial charge in [0.05, 0.1) is 17.7 Å². The standard InChI is InChI=1S/C15H16N6O/c1-8-12(22)7-11(10-6-13(16)20-21-14(8)10)19-9(2)15-17-4-3-5-18-15/h3-9,19H,1-2H3,(H2,16,20). The molecule has 7 nitrogen and oxygen atoms in total. The highest BCUT2D eigenvalue weighted by atomic mass is 16.1. The van der Waals surface area contributed by atoms with Gasteiger partial charge in [-0.05, 0) is 26.0 Å². The lowest BCUT2D eigenvalue weighted by Gasteiger charge is -2.24. The minimum Gasteiger partial charge on any atom is -0.382 e. The normalized spacial score (nSPS) is 18.4. The average Bonchev–Trinajstić information content (AvgIpc) is 2.53. The Morgan fingerprint density at radius 1 is 1.27 bits per heavy atom. The molecule has 7 heteroatoms. The zero-order chi connectivity index (χ0) is 15.7. The first-order chi connectivity index (χ1) is 10.6. The number of anilines is 1. The van der Waals surface area contributed by atoms with Gasteiger partial charge in [0.1, 0.15) is 11.6 Å². The molecule has 0 aromatic carbocycles. The molecule has 2 aromatic rings. The van der Waals surface area contributed by atoms with Gasteiger partial charge in [-0.25, -0.2) is 9.97 Å². The van der Waals surface area contributed by atoms with E-state index in [0.717, 1.165) is 5.56 Å². The number of hydrogen-bond donors (Lipinski definition) is 2. The molecule has 112 valence electrons. The minimum atomic E-state index is -0.322. The van der Waals surface area contributed by atoms with E-state index in [1.54, 1.807) is 30.6 Å². The fraction of sp³-hybridized carbons (Fsp3) is 0.267. The van der Waals surface area contributed by atoms with Gasteiger partial charge in [-0.3, -0.25) is 4.79 Å². The molecule has 0 radical (unpaired) electrons. The highest BCUT2D eigenvalue weighted by Crippen LogP contribution is 2.30. The molecule has 2 atom stereocenters. The summed E-state index contributed by atoms with van der Waals surface area (Å²) in [5, 5.41) is 11.2. The van der Waals surface area contributed by atoms with Crippen LogP contribution in [0.15, 0.2) is 30.6 Å². The highest BCUT2D eigenvalue weighted by molar-refractivity contribution is 6.04. The molecule has 2 unspecified atom stereocenters. The Labute approximate surface area is 127 Å². The Balaban J connectivity index is 1.95. The molecule has 2 aromatic heterocycles. The lowest BCUT2D eigenvalue weighted by molar-refractivity contribution is -0.115. The van der Waals surface area contributed by atoms with Crippen LogP contribution in [0.2, 0.25) is 0 Å². The second-order valence-corrected chi connectivity index (χ2v) is 5.22. The summed E-state index contributed by atoms with van der Waals surface area (Å²) in [4.78, 5) is 20.5. The smallest absolute Gasteiger partial charge is 0.166 e. The number of nitrogen functional groups attached to an aromatic ring is 1. The number of fused-ring (bicyclic) bond motifs is 1. The van der Waals surface area contributed by atoms with E-state index in [9.17, 15) is 4.79 Å². The van der Waals surface area contributed by atoms with E-state index < -0.39 is 0 Å². The lowest BCUT2D eigenvalue weighted by atomic mass is 9.90. The molecule has 1 aliphatic rings. The van der Waals surface area contributed by atoms with Crippen LogP contribution in [0, 0.1) is 0 Å². The largest absolute Gasteiger partial charge is 0.382 e. The van der Waals surface area contributed by atoms with Gasteiger partial charge in [0.25, 0.3) is 0 Å². The maximum atomic E-state index is 12.1. The Morgan fingerprint density at radius 3 is 2.73 bits per heavy atom. The molecule has 0 aliphatic heterocycles. The van der Waals surface area contributed by atoms with E-state index in [2.05, 4.69) is 25.5 Å². The molecule has 1 aliphatic carbocycles. The van der Waals surface area contributed by atoms with Gasteiger partial charge in [-0.1, -0.05) is 0 Å². The number of allylic oxidation sites excluding steroid dienone is 1. The maximum absolute atomic E-state index is 12.1. The molecule has 0 spiro atoms. The van der Waals surface area contributed by atoms with Crippen LogP contribution >= 0.6 is 0 Å². The van der Waals surface area contributed by atoms with E-state index in [1.165, 1.54) is 0 Å². The van der Waals surface area contributed by atoms with Crippen LogP contribution in [-0.4, -0.2) is 25.9 Å². The number of aromatic nitrogens is 4. The molecule has 0 amide bonds. The molecule has 0 fully saturated rings. The molecule has 0 bridgehead atoms. The number of ketones is 1. The van der Waals surface area contributed by atoms with Crippen molar-refractivity contribution in [2.75, 3.05) is 5.73 Å². The zero-order valence-electron chi connectivity index (χ0n) is 12.3. The lowest BCUT2D eigenvalue weighted by Crippen LogP contribution is -2.26. The minimum absolute atomic E-state index is 0.0183. The van der Waals surface area contributed by atoms with Crippen LogP contribution in [0.4, 0.5) is 5.82 Å². The molecule has 3 N–H and O–H groups in total. The number of rotatable bonds is 3. The number of carbonyl (C=O) groups is 1. The molecule has 0 saturated heterocycles. The summed E-state index contributed by atoms with van der Waals surface area (Å²) in [6.07, 6.45) is 4.94. The summed E-state index contributed by atoms with van der Waals surface area (Å²) in [6.45, 7) is 3.74. The third-order valence-corrected chi connectivity index (χ3v) is 3.60. The topological polar surface area (TPSA) is 107 Å². The van der Waals surface area contributed by atoms with Crippen LogP contribution in [0.1, 0.15) is 42.9 Å². The molecule has 3 rings (SSSR count). The van der Waals surface area contributed by atoms with Crippen LogP contribution in [0.5, 0.6) is 0 Å². The maximum Gasteiger partial charge on any atom is 0.166 e. The van der Waals surface area contributed by atoms with Crippen molar-refractivity contribution in [3.05, 3.63) is 47.7 Å². The summed E-state index contributed by atoms with van der Waals surface area (Å²) in [6, 6.07) is 3.33. The van der Waals surface area contributed by atoms with E-state index >= 15 is 0 Å². The second kappa shape index (κ2) is 5.51. The Morgan fingerprint density at radius 2 is 2.00 bits per heavy atom. The second-order valence-electron chi connectivity index (χ2n) is 5.22. The van der Waals surface area contributed by atoms with Gasteiger partial charge in [0, 0.05) is 29.7 Å². The number of carbonyl (C=O) groups excluding carboxylic acids is 1. The van der Waals surface area contributed by atoms with Crippen molar-refractivity contribution >= 4 is 17.3 Å². The Hall–Kier alpha value is -2.83. The van der Waals surface area contributed by atoms with Crippen LogP contribution in [0.25, 0.3) is 5.70 Å². The quantitative estimate of drug-likeness (QED) is 0.877. The third-order valence-electron chi connectivity index (χ3n) is 3.60. The summed E-state index contributed by atoms with van der Waals surface area (Å²) >= 11 is 0. The van der Waals surface area contributed by atoms with Crippen molar-refractivity contribution in [1.29, 1.82) is 0 Å². The molecule has 22 heavy (non-hydrogen) atoms. The number of nitrogens with two attached hydrogens (primary N) is 1. The molecular formula is C15H16N6O.